The predicted octanol–water partition coefficient (Wildman–Crippen LogP) is 9.68. The predicted molar refractivity (Wildman–Crippen MR) is 121 cm³/mol. The Bertz CT molecular complexity index is 1930. The third-order valence-electron chi connectivity index (χ3n) is 6.66. The molecule has 0 aromatic carbocycles. The molecule has 0 aromatic rings. The first-order valence-corrected chi connectivity index (χ1v) is 17.5. The van der Waals surface area contributed by atoms with Crippen LogP contribution in [0, 0.1) is 40.8 Å². The minimum Gasteiger partial charge on any atom is -0.743 e. The first-order chi connectivity index (χ1) is 28.5. The van der Waals surface area contributed by atoms with E-state index in [-0.39, 0.29) is 40.8 Å². The summed E-state index contributed by atoms with van der Waals surface area (Å²) in [5, 5.41) is -22.9. The van der Waals surface area contributed by atoms with E-state index in [9.17, 15) is 210 Å². The zero-order valence-corrected chi connectivity index (χ0v) is 34.8. The van der Waals surface area contributed by atoms with Crippen LogP contribution in [0.2, 0.25) is 0 Å². The number of halogens is 39. The molecule has 0 saturated carbocycles. The van der Waals surface area contributed by atoms with Crippen molar-refractivity contribution in [1.29, 1.82) is 0 Å². The van der Waals surface area contributed by atoms with Gasteiger partial charge in [-0.15, -0.1) is 0 Å². The van der Waals surface area contributed by atoms with Crippen molar-refractivity contribution < 1.29 is 251 Å². The van der Waals surface area contributed by atoms with Crippen LogP contribution in [0.1, 0.15) is 0 Å². The molecule has 0 atom stereocenters. The van der Waals surface area contributed by atoms with E-state index in [1.54, 1.807) is 0 Å². The SMILES string of the molecule is O=S(=O)([O-])C(F)(F)C(F)(F)C(F)(F)C(F)(F)C(F)(F)C(F)(F)F.O=S(=O)([O-])C(F)(F)C(F)(F)C(F)(F)C(F)(F)C(F)(F)C(F)(F)F.O=S(=O)([O-])C(F)(F)C(F)(F)C(F)(F)C(F)(F)C(F)(F)C(F)(F)F.[Nd+3]. The van der Waals surface area contributed by atoms with Crippen LogP contribution >= 0.6 is 0 Å². The van der Waals surface area contributed by atoms with Crippen LogP contribution in [0.25, 0.3) is 0 Å². The van der Waals surface area contributed by atoms with Crippen LogP contribution in [0.3, 0.4) is 0 Å². The van der Waals surface area contributed by atoms with Gasteiger partial charge >= 0.3 is 146 Å². The molecule has 0 heterocycles. The van der Waals surface area contributed by atoms with Gasteiger partial charge in [0.2, 0.25) is 0 Å². The van der Waals surface area contributed by atoms with Crippen molar-refractivity contribution in [3.8, 4) is 0 Å². The fraction of sp³-hybridized carbons (Fsp3) is 1.00. The summed E-state index contributed by atoms with van der Waals surface area (Å²) in [4.78, 5) is 0. The molecule has 52 heteroatoms. The van der Waals surface area contributed by atoms with E-state index in [4.69, 9.17) is 0 Å². The molecular formula is C18F39NdO9S3. The van der Waals surface area contributed by atoms with Gasteiger partial charge in [0.15, 0.2) is 30.4 Å². The molecule has 0 aliphatic carbocycles. The smallest absolute Gasteiger partial charge is 0.743 e. The van der Waals surface area contributed by atoms with Gasteiger partial charge < -0.3 is 13.7 Å². The number of alkyl halides is 39. The molecule has 421 valence electrons. The van der Waals surface area contributed by atoms with E-state index in [2.05, 4.69) is 0 Å². The summed E-state index contributed by atoms with van der Waals surface area (Å²) >= 11 is 0. The summed E-state index contributed by atoms with van der Waals surface area (Å²) in [5.74, 6) is -97.9. The normalized spacial score (nSPS) is 16.4. The number of hydrogen-bond acceptors (Lipinski definition) is 9. The first-order valence-electron chi connectivity index (χ1n) is 13.2. The van der Waals surface area contributed by atoms with Crippen molar-refractivity contribution in [3.63, 3.8) is 0 Å². The van der Waals surface area contributed by atoms with Crippen molar-refractivity contribution in [2.45, 2.75) is 105 Å². The van der Waals surface area contributed by atoms with Crippen LogP contribution in [-0.4, -0.2) is 144 Å². The maximum atomic E-state index is 12.7. The topological polar surface area (TPSA) is 172 Å². The molecule has 0 rings (SSSR count). The minimum atomic E-state index is -8.29. The molecule has 0 aliphatic rings. The Balaban J connectivity index is -0.000000463. The molecule has 0 N–H and O–H groups in total. The second-order valence-corrected chi connectivity index (χ2v) is 15.6. The third kappa shape index (κ3) is 11.0. The summed E-state index contributed by atoms with van der Waals surface area (Å²) in [6.45, 7) is 0. The van der Waals surface area contributed by atoms with Gasteiger partial charge in [-0.25, -0.2) is 25.3 Å². The van der Waals surface area contributed by atoms with E-state index >= 15 is 0 Å². The van der Waals surface area contributed by atoms with Crippen LogP contribution in [0.4, 0.5) is 171 Å². The molecule has 9 nitrogen and oxygen atoms in total. The van der Waals surface area contributed by atoms with E-state index < -0.39 is 136 Å². The summed E-state index contributed by atoms with van der Waals surface area (Å²) in [6.07, 6.45) is -22.8. The second-order valence-electron chi connectivity index (χ2n) is 11.3. The Hall–Kier alpha value is -1.65. The maximum Gasteiger partial charge on any atom is 3.00 e. The quantitative estimate of drug-likeness (QED) is 0.114. The van der Waals surface area contributed by atoms with Gasteiger partial charge in [-0.2, -0.15) is 171 Å². The first kappa shape index (κ1) is 74.9. The molecule has 0 saturated heterocycles. The van der Waals surface area contributed by atoms with Crippen LogP contribution in [-0.2, 0) is 30.4 Å². The Morgan fingerprint density at radius 3 is 0.343 bits per heavy atom. The van der Waals surface area contributed by atoms with E-state index in [1.165, 1.54) is 0 Å². The summed E-state index contributed by atoms with van der Waals surface area (Å²) in [5.41, 5.74) is 0. The summed E-state index contributed by atoms with van der Waals surface area (Å²) < 4.78 is 567. The van der Waals surface area contributed by atoms with Gasteiger partial charge in [0.25, 0.3) is 0 Å². The van der Waals surface area contributed by atoms with Crippen molar-refractivity contribution in [2.24, 2.45) is 0 Å². The summed E-state index contributed by atoms with van der Waals surface area (Å²) in [7, 11) is -23.6. The average molecular weight is 1340 g/mol. The van der Waals surface area contributed by atoms with Gasteiger partial charge in [0, 0.05) is 0 Å². The molecule has 0 aromatic heterocycles. The van der Waals surface area contributed by atoms with Crippen molar-refractivity contribution >= 4 is 30.4 Å². The molecule has 1 radical (unpaired) electrons. The van der Waals surface area contributed by atoms with Crippen molar-refractivity contribution in [3.05, 3.63) is 0 Å². The monoisotopic (exact) mass is 1340 g/mol. The molecule has 0 unspecified atom stereocenters. The minimum absolute atomic E-state index is 0. The van der Waals surface area contributed by atoms with Gasteiger partial charge in [0.1, 0.15) is 0 Å². The fourth-order valence-corrected chi connectivity index (χ4v) is 4.06. The summed E-state index contributed by atoms with van der Waals surface area (Å²) in [6, 6.07) is 0. The molecule has 70 heavy (non-hydrogen) atoms. The van der Waals surface area contributed by atoms with E-state index in [1.807, 2.05) is 0 Å². The zero-order valence-electron chi connectivity index (χ0n) is 29.1. The Morgan fingerprint density at radius 2 is 0.271 bits per heavy atom. The van der Waals surface area contributed by atoms with Gasteiger partial charge in [-0.05, 0) is 0 Å². The molecule has 0 amide bonds. The van der Waals surface area contributed by atoms with Crippen molar-refractivity contribution in [2.75, 3.05) is 0 Å². The molecule has 0 bridgehead atoms. The number of rotatable bonds is 15. The zero-order chi connectivity index (χ0) is 58.5. The fourth-order valence-electron chi connectivity index (χ4n) is 2.74. The Morgan fingerprint density at radius 1 is 0.186 bits per heavy atom. The average Bonchev–Trinajstić information content (AvgIpc) is 3.04. The Kier molecular flexibility index (Phi) is 20.5. The van der Waals surface area contributed by atoms with Crippen LogP contribution in [0.5, 0.6) is 0 Å². The Labute approximate surface area is 385 Å². The van der Waals surface area contributed by atoms with Crippen LogP contribution in [0.15, 0.2) is 0 Å². The molecule has 0 aliphatic heterocycles. The molecule has 0 fully saturated rings. The third-order valence-corrected chi connectivity index (χ3v) is 9.31. The largest absolute Gasteiger partial charge is 3.00 e. The molecular weight excluding hydrogens is 1340 g/mol. The molecule has 0 spiro atoms. The van der Waals surface area contributed by atoms with E-state index in [0.29, 0.717) is 0 Å². The second kappa shape index (κ2) is 19.2. The van der Waals surface area contributed by atoms with Gasteiger partial charge in [0.05, 0.1) is 0 Å². The van der Waals surface area contributed by atoms with E-state index in [0.717, 1.165) is 0 Å². The number of hydrogen-bond donors (Lipinski definition) is 0. The van der Waals surface area contributed by atoms with Crippen molar-refractivity contribution in [1.82, 2.24) is 0 Å². The van der Waals surface area contributed by atoms with Crippen LogP contribution < -0.4 is 0 Å². The maximum absolute atomic E-state index is 12.7. The van der Waals surface area contributed by atoms with Gasteiger partial charge in [-0.1, -0.05) is 0 Å². The van der Waals surface area contributed by atoms with Gasteiger partial charge in [-0.3, -0.25) is 0 Å². The standard InChI is InChI=1S/3C6HF13O3S.Nd/c3*7-1(8,3(11,12)5(15,16)17)2(9,10)4(13,14)6(18,19)23(20,21)22;/h3*(H,20,21,22);/q;;;+3/p-3.